The lowest BCUT2D eigenvalue weighted by Crippen LogP contribution is -2.06. The Kier molecular flexibility index (Phi) is 11.3. The molecule has 0 aliphatic carbocycles. The molecular weight excluding hydrogens is 723 g/mol. The van der Waals surface area contributed by atoms with E-state index in [0.717, 1.165) is 29.1 Å². The highest BCUT2D eigenvalue weighted by atomic mass is 32.1. The van der Waals surface area contributed by atoms with Gasteiger partial charge >= 0.3 is 12.4 Å². The number of hydrogen-bond donors (Lipinski definition) is 3. The summed E-state index contributed by atoms with van der Waals surface area (Å²) in [6.45, 7) is 1.80. The molecule has 6 rings (SSSR count). The van der Waals surface area contributed by atoms with Gasteiger partial charge in [0.25, 0.3) is 0 Å². The first-order valence-corrected chi connectivity index (χ1v) is 16.1. The summed E-state index contributed by atoms with van der Waals surface area (Å²) in [5.74, 6) is 0.436. The highest BCUT2D eigenvalue weighted by molar-refractivity contribution is 7.15. The number of benzene rings is 2. The van der Waals surface area contributed by atoms with Gasteiger partial charge < -0.3 is 25.2 Å². The molecule has 3 N–H and O–H groups in total. The highest BCUT2D eigenvalue weighted by Crippen LogP contribution is 2.36. The van der Waals surface area contributed by atoms with Crippen molar-refractivity contribution in [1.82, 2.24) is 29.9 Å². The number of aromatic nitrogens is 6. The molecule has 0 saturated heterocycles. The van der Waals surface area contributed by atoms with Crippen LogP contribution in [0.5, 0.6) is 11.5 Å². The predicted molar refractivity (Wildman–Crippen MR) is 179 cm³/mol. The number of nitrogens with one attached hydrogen (secondary N) is 2. The number of rotatable bonds is 9. The Morgan fingerprint density at radius 3 is 1.53 bits per heavy atom. The average molecular weight is 749 g/mol. The van der Waals surface area contributed by atoms with E-state index in [0.29, 0.717) is 26.3 Å². The number of ether oxygens (including phenoxy) is 2. The number of aliphatic hydroxyl groups excluding tert-OH is 1. The Morgan fingerprint density at radius 2 is 1.14 bits per heavy atom. The summed E-state index contributed by atoms with van der Waals surface area (Å²) in [6.07, 6.45) is -2.73. The molecule has 266 valence electrons. The Labute approximate surface area is 294 Å². The largest absolute Gasteiger partial charge is 0.497 e. The molecule has 0 spiro atoms. The summed E-state index contributed by atoms with van der Waals surface area (Å²) in [4.78, 5) is 26.7. The first-order chi connectivity index (χ1) is 24.2. The molecular formula is C32H26F6N8O3S2. The van der Waals surface area contributed by atoms with Gasteiger partial charge in [0.1, 0.15) is 32.9 Å². The minimum Gasteiger partial charge on any atom is -0.497 e. The van der Waals surface area contributed by atoms with Crippen LogP contribution in [0.4, 0.5) is 49.6 Å². The summed E-state index contributed by atoms with van der Waals surface area (Å²) >= 11 is 2.73. The van der Waals surface area contributed by atoms with E-state index in [9.17, 15) is 26.3 Å². The summed E-state index contributed by atoms with van der Waals surface area (Å²) in [7, 11) is 2.60. The Morgan fingerprint density at radius 1 is 0.667 bits per heavy atom. The van der Waals surface area contributed by atoms with E-state index in [1.54, 1.807) is 18.3 Å². The Hall–Kier alpha value is -5.40. The number of aryl methyl sites for hydroxylation is 1. The normalized spacial score (nSPS) is 11.4. The molecule has 0 fully saturated rings. The Bertz CT molecular complexity index is 2110. The van der Waals surface area contributed by atoms with E-state index < -0.39 is 23.5 Å². The molecule has 11 nitrogen and oxygen atoms in total. The third kappa shape index (κ3) is 9.86. The van der Waals surface area contributed by atoms with E-state index >= 15 is 0 Å². The number of methoxy groups -OCH3 is 2. The number of anilines is 4. The van der Waals surface area contributed by atoms with Gasteiger partial charge in [0.2, 0.25) is 11.9 Å². The van der Waals surface area contributed by atoms with E-state index in [2.05, 4.69) is 40.5 Å². The van der Waals surface area contributed by atoms with Crippen molar-refractivity contribution in [3.05, 3.63) is 94.2 Å². The molecule has 0 atom stereocenters. The fourth-order valence-corrected chi connectivity index (χ4v) is 5.69. The van der Waals surface area contributed by atoms with Crippen molar-refractivity contribution >= 4 is 45.9 Å². The van der Waals surface area contributed by atoms with Crippen molar-refractivity contribution in [2.75, 3.05) is 24.9 Å². The molecule has 4 aromatic heterocycles. The van der Waals surface area contributed by atoms with Crippen LogP contribution in [0.1, 0.15) is 20.9 Å². The monoisotopic (exact) mass is 748 g/mol. The molecule has 0 aliphatic heterocycles. The minimum atomic E-state index is -4.50. The van der Waals surface area contributed by atoms with Gasteiger partial charge in [-0.3, -0.25) is 0 Å². The van der Waals surface area contributed by atoms with Crippen LogP contribution in [-0.4, -0.2) is 49.2 Å². The van der Waals surface area contributed by atoms with Gasteiger partial charge in [0.05, 0.1) is 36.8 Å². The van der Waals surface area contributed by atoms with Gasteiger partial charge in [-0.2, -0.15) is 26.3 Å². The molecule has 0 bridgehead atoms. The zero-order valence-electron chi connectivity index (χ0n) is 26.7. The molecule has 0 saturated carbocycles. The quantitative estimate of drug-likeness (QED) is 0.123. The lowest BCUT2D eigenvalue weighted by molar-refractivity contribution is -0.138. The topological polar surface area (TPSA) is 140 Å². The lowest BCUT2D eigenvalue weighted by atomic mass is 10.2. The first-order valence-electron chi connectivity index (χ1n) is 14.5. The third-order valence-electron chi connectivity index (χ3n) is 6.53. The number of thiazole rings is 2. The zero-order valence-corrected chi connectivity index (χ0v) is 28.3. The molecule has 4 heterocycles. The van der Waals surface area contributed by atoms with Crippen molar-refractivity contribution in [2.45, 2.75) is 25.9 Å². The summed E-state index contributed by atoms with van der Waals surface area (Å²) in [5, 5.41) is 15.9. The summed E-state index contributed by atoms with van der Waals surface area (Å²) in [6, 6.07) is 9.94. The predicted octanol–water partition coefficient (Wildman–Crippen LogP) is 8.54. The van der Waals surface area contributed by atoms with Crippen molar-refractivity contribution < 1.29 is 40.9 Å². The maximum atomic E-state index is 13.0. The van der Waals surface area contributed by atoms with Gasteiger partial charge in [-0.25, -0.2) is 29.9 Å². The van der Waals surface area contributed by atoms with Crippen LogP contribution in [0.2, 0.25) is 0 Å². The minimum absolute atomic E-state index is 0.0611. The highest BCUT2D eigenvalue weighted by Gasteiger charge is 2.32. The van der Waals surface area contributed by atoms with Crippen LogP contribution < -0.4 is 20.1 Å². The van der Waals surface area contributed by atoms with E-state index in [1.165, 1.54) is 67.6 Å². The average Bonchev–Trinajstić information content (AvgIpc) is 3.77. The second kappa shape index (κ2) is 15.7. The number of hydrogen-bond acceptors (Lipinski definition) is 13. The lowest BCUT2D eigenvalue weighted by Gasteiger charge is -2.12. The van der Waals surface area contributed by atoms with Crippen molar-refractivity contribution in [3.8, 4) is 32.9 Å². The van der Waals surface area contributed by atoms with Crippen molar-refractivity contribution in [1.29, 1.82) is 0 Å². The maximum absolute atomic E-state index is 13.0. The fourth-order valence-electron chi connectivity index (χ4n) is 4.21. The van der Waals surface area contributed by atoms with Gasteiger partial charge in [-0.05, 0) is 43.3 Å². The molecule has 0 radical (unpaired) electrons. The summed E-state index contributed by atoms with van der Waals surface area (Å²) < 4.78 is 87.8. The van der Waals surface area contributed by atoms with E-state index in [-0.39, 0.29) is 41.4 Å². The van der Waals surface area contributed by atoms with Crippen molar-refractivity contribution in [3.63, 3.8) is 0 Å². The van der Waals surface area contributed by atoms with Crippen LogP contribution in [-0.2, 0) is 19.0 Å². The van der Waals surface area contributed by atoms with E-state index in [1.807, 2.05) is 6.92 Å². The molecule has 0 amide bonds. The molecule has 0 unspecified atom stereocenters. The number of aliphatic hydroxyl groups is 1. The van der Waals surface area contributed by atoms with Crippen LogP contribution in [0, 0.1) is 6.92 Å². The van der Waals surface area contributed by atoms with Crippen LogP contribution in [0.3, 0.4) is 0 Å². The molecule has 2 aromatic carbocycles. The molecule has 51 heavy (non-hydrogen) atoms. The smallest absolute Gasteiger partial charge is 0.416 e. The fraction of sp³-hybridized carbons (Fsp3) is 0.188. The number of alkyl halides is 6. The van der Waals surface area contributed by atoms with Gasteiger partial charge in [0, 0.05) is 53.2 Å². The molecule has 0 aliphatic rings. The first kappa shape index (κ1) is 36.9. The van der Waals surface area contributed by atoms with Gasteiger partial charge in [-0.15, -0.1) is 22.7 Å². The van der Waals surface area contributed by atoms with Crippen LogP contribution in [0.25, 0.3) is 21.4 Å². The third-order valence-corrected chi connectivity index (χ3v) is 8.47. The molecule has 6 aromatic rings. The SMILES string of the molecule is COc1cc(Nc2nccc(-c3ncc(C)s3)n2)cc(C(F)(F)F)c1.COc1cc(Nc2nccc(-c3ncc(CO)s3)n2)cc(C(F)(F)F)c1. The maximum Gasteiger partial charge on any atom is 0.416 e. The van der Waals surface area contributed by atoms with Crippen LogP contribution >= 0.6 is 22.7 Å². The number of halogens is 6. The standard InChI is InChI=1S/C16H13F3N4O2S.C16H13F3N4OS/c1-25-11-5-9(16(17,18)19)4-10(6-11)22-15-20-3-2-13(23-15)14-21-7-12(8-24)26-14;1-9-8-21-14(25-9)13-3-4-20-15(23-13)22-11-5-10(16(17,18)19)6-12(7-11)24-2/h2-7,24H,8H2,1H3,(H,20,22,23);3-8H,1-2H3,(H,20,22,23). The zero-order chi connectivity index (χ0) is 36.8. The van der Waals surface area contributed by atoms with E-state index in [4.69, 9.17) is 14.6 Å². The Balaban J connectivity index is 0.000000198. The number of nitrogens with zero attached hydrogens (tertiary/aromatic N) is 6. The second-order valence-electron chi connectivity index (χ2n) is 10.2. The molecule has 19 heteroatoms. The van der Waals surface area contributed by atoms with Crippen LogP contribution in [0.15, 0.2) is 73.3 Å². The van der Waals surface area contributed by atoms with Gasteiger partial charge in [0.15, 0.2) is 0 Å². The van der Waals surface area contributed by atoms with Gasteiger partial charge in [-0.1, -0.05) is 0 Å². The van der Waals surface area contributed by atoms with Crippen molar-refractivity contribution in [2.24, 2.45) is 0 Å². The second-order valence-corrected chi connectivity index (χ2v) is 12.6. The summed E-state index contributed by atoms with van der Waals surface area (Å²) in [5.41, 5.74) is -0.257.